The summed E-state index contributed by atoms with van der Waals surface area (Å²) in [5, 5.41) is 0. The van der Waals surface area contributed by atoms with Crippen LogP contribution in [0.3, 0.4) is 0 Å². The number of benzene rings is 1. The first-order chi connectivity index (χ1) is 8.49. The zero-order chi connectivity index (χ0) is 13.3. The molecule has 5 nitrogen and oxygen atoms in total. The maximum Gasteiger partial charge on any atom is 0.327 e. The van der Waals surface area contributed by atoms with Gasteiger partial charge >= 0.3 is 6.03 Å². The van der Waals surface area contributed by atoms with Gasteiger partial charge in [0.05, 0.1) is 6.54 Å². The van der Waals surface area contributed by atoms with Crippen LogP contribution in [0.15, 0.2) is 28.7 Å². The van der Waals surface area contributed by atoms with Crippen molar-refractivity contribution >= 4 is 33.7 Å². The van der Waals surface area contributed by atoms with Gasteiger partial charge in [0, 0.05) is 17.1 Å². The molecule has 0 N–H and O–H groups in total. The number of ketones is 1. The van der Waals surface area contributed by atoms with E-state index in [1.54, 1.807) is 24.3 Å². The Bertz CT molecular complexity index is 513. The van der Waals surface area contributed by atoms with Crippen LogP contribution in [0, 0.1) is 0 Å². The average molecular weight is 311 g/mol. The standard InChI is InChI=1S/C12H11BrN2O3/c1-14-7-11(17)15(12(14)18)6-10(16)8-2-4-9(13)5-3-8/h2-5H,6-7H2,1H3. The van der Waals surface area contributed by atoms with Crippen LogP contribution in [-0.4, -0.2) is 47.7 Å². The predicted molar refractivity (Wildman–Crippen MR) is 68.2 cm³/mol. The Morgan fingerprint density at radius 1 is 1.28 bits per heavy atom. The summed E-state index contributed by atoms with van der Waals surface area (Å²) in [4.78, 5) is 37.3. The van der Waals surface area contributed by atoms with E-state index < -0.39 is 6.03 Å². The molecule has 1 aromatic rings. The minimum atomic E-state index is -0.425. The second-order valence-electron chi connectivity index (χ2n) is 4.05. The molecule has 1 heterocycles. The number of imide groups is 1. The van der Waals surface area contributed by atoms with Crippen LogP contribution in [-0.2, 0) is 4.79 Å². The number of Topliss-reactive ketones (excluding diaryl/α,β-unsaturated/α-hetero) is 1. The molecule has 0 radical (unpaired) electrons. The number of carbonyl (C=O) groups excluding carboxylic acids is 3. The summed E-state index contributed by atoms with van der Waals surface area (Å²) < 4.78 is 0.868. The van der Waals surface area contributed by atoms with E-state index in [4.69, 9.17) is 0 Å². The minimum absolute atomic E-state index is 0.0342. The Hall–Kier alpha value is -1.69. The van der Waals surface area contributed by atoms with Crippen molar-refractivity contribution in [3.05, 3.63) is 34.3 Å². The maximum absolute atomic E-state index is 11.9. The Labute approximate surface area is 112 Å². The molecule has 2 rings (SSSR count). The third-order valence-corrected chi connectivity index (χ3v) is 3.23. The summed E-state index contributed by atoms with van der Waals surface area (Å²) >= 11 is 3.27. The van der Waals surface area contributed by atoms with Gasteiger partial charge in [-0.1, -0.05) is 28.1 Å². The molecule has 3 amide bonds. The van der Waals surface area contributed by atoms with Gasteiger partial charge in [-0.25, -0.2) is 4.79 Å². The van der Waals surface area contributed by atoms with Gasteiger partial charge in [0.2, 0.25) is 0 Å². The number of nitrogens with zero attached hydrogens (tertiary/aromatic N) is 2. The van der Waals surface area contributed by atoms with E-state index in [1.807, 2.05) is 0 Å². The number of likely N-dealkylation sites (N-methyl/N-ethyl adjacent to an activating group) is 1. The van der Waals surface area contributed by atoms with Crippen molar-refractivity contribution < 1.29 is 14.4 Å². The van der Waals surface area contributed by atoms with Gasteiger partial charge in [0.1, 0.15) is 6.54 Å². The third-order valence-electron chi connectivity index (χ3n) is 2.70. The van der Waals surface area contributed by atoms with Crippen LogP contribution in [0.1, 0.15) is 10.4 Å². The van der Waals surface area contributed by atoms with Crippen molar-refractivity contribution in [3.63, 3.8) is 0 Å². The zero-order valence-electron chi connectivity index (χ0n) is 9.72. The molecule has 6 heteroatoms. The van der Waals surface area contributed by atoms with Crippen molar-refractivity contribution in [2.45, 2.75) is 0 Å². The van der Waals surface area contributed by atoms with Crippen LogP contribution >= 0.6 is 15.9 Å². The number of halogens is 1. The van der Waals surface area contributed by atoms with Gasteiger partial charge < -0.3 is 4.90 Å². The van der Waals surface area contributed by atoms with E-state index in [1.165, 1.54) is 11.9 Å². The number of amides is 3. The Kier molecular flexibility index (Phi) is 3.47. The lowest BCUT2D eigenvalue weighted by Crippen LogP contribution is -2.36. The molecule has 1 fully saturated rings. The smallest absolute Gasteiger partial charge is 0.318 e. The van der Waals surface area contributed by atoms with E-state index in [0.29, 0.717) is 5.56 Å². The van der Waals surface area contributed by atoms with Gasteiger partial charge in [-0.15, -0.1) is 0 Å². The fourth-order valence-electron chi connectivity index (χ4n) is 1.70. The lowest BCUT2D eigenvalue weighted by molar-refractivity contribution is -0.125. The molecule has 1 aliphatic heterocycles. The molecule has 1 aromatic carbocycles. The van der Waals surface area contributed by atoms with Gasteiger partial charge in [-0.05, 0) is 12.1 Å². The van der Waals surface area contributed by atoms with Crippen LogP contribution < -0.4 is 0 Å². The predicted octanol–water partition coefficient (Wildman–Crippen LogP) is 1.53. The highest BCUT2D eigenvalue weighted by molar-refractivity contribution is 9.10. The van der Waals surface area contributed by atoms with Crippen LogP contribution in [0.5, 0.6) is 0 Å². The minimum Gasteiger partial charge on any atom is -0.318 e. The quantitative estimate of drug-likeness (QED) is 0.628. The number of urea groups is 1. The van der Waals surface area contributed by atoms with E-state index in [9.17, 15) is 14.4 Å². The average Bonchev–Trinajstić information content (AvgIpc) is 2.57. The molecule has 0 atom stereocenters. The second-order valence-corrected chi connectivity index (χ2v) is 4.96. The molecule has 1 aliphatic rings. The molecule has 0 aromatic heterocycles. The first-order valence-corrected chi connectivity index (χ1v) is 6.12. The zero-order valence-corrected chi connectivity index (χ0v) is 11.3. The molecule has 0 bridgehead atoms. The maximum atomic E-state index is 11.9. The Morgan fingerprint density at radius 3 is 2.39 bits per heavy atom. The fourth-order valence-corrected chi connectivity index (χ4v) is 1.96. The summed E-state index contributed by atoms with van der Waals surface area (Å²) in [6.07, 6.45) is 0. The monoisotopic (exact) mass is 310 g/mol. The van der Waals surface area contributed by atoms with E-state index in [0.717, 1.165) is 9.37 Å². The van der Waals surface area contributed by atoms with E-state index in [-0.39, 0.29) is 24.8 Å². The summed E-state index contributed by atoms with van der Waals surface area (Å²) in [5.74, 6) is -0.590. The van der Waals surface area contributed by atoms with Crippen LogP contribution in [0.2, 0.25) is 0 Å². The summed E-state index contributed by atoms with van der Waals surface area (Å²) in [6, 6.07) is 6.37. The Balaban J connectivity index is 2.10. The molecular formula is C12H11BrN2O3. The highest BCUT2D eigenvalue weighted by Gasteiger charge is 2.34. The van der Waals surface area contributed by atoms with E-state index >= 15 is 0 Å². The van der Waals surface area contributed by atoms with E-state index in [2.05, 4.69) is 15.9 Å². The lowest BCUT2D eigenvalue weighted by atomic mass is 10.1. The van der Waals surface area contributed by atoms with Gasteiger partial charge in [-0.2, -0.15) is 0 Å². The van der Waals surface area contributed by atoms with Crippen molar-refractivity contribution in [1.29, 1.82) is 0 Å². The normalized spacial score (nSPS) is 15.4. The van der Waals surface area contributed by atoms with Crippen LogP contribution in [0.4, 0.5) is 4.79 Å². The molecule has 0 unspecified atom stereocenters. The van der Waals surface area contributed by atoms with Crippen molar-refractivity contribution in [3.8, 4) is 0 Å². The molecular weight excluding hydrogens is 300 g/mol. The summed E-state index contributed by atoms with van der Waals surface area (Å²) in [5.41, 5.74) is 0.480. The van der Waals surface area contributed by atoms with Gasteiger partial charge in [0.15, 0.2) is 5.78 Å². The van der Waals surface area contributed by atoms with Gasteiger partial charge in [0.25, 0.3) is 5.91 Å². The molecule has 1 saturated heterocycles. The van der Waals surface area contributed by atoms with Crippen molar-refractivity contribution in [1.82, 2.24) is 9.80 Å². The van der Waals surface area contributed by atoms with Gasteiger partial charge in [-0.3, -0.25) is 14.5 Å². The Morgan fingerprint density at radius 2 is 1.89 bits per heavy atom. The first kappa shape index (κ1) is 12.8. The summed E-state index contributed by atoms with van der Waals surface area (Å²) in [6.45, 7) is -0.171. The molecule has 0 spiro atoms. The number of rotatable bonds is 3. The third kappa shape index (κ3) is 2.43. The SMILES string of the molecule is CN1CC(=O)N(CC(=O)c2ccc(Br)cc2)C1=O. The van der Waals surface area contributed by atoms with Crippen molar-refractivity contribution in [2.24, 2.45) is 0 Å². The first-order valence-electron chi connectivity index (χ1n) is 5.33. The van der Waals surface area contributed by atoms with Crippen LogP contribution in [0.25, 0.3) is 0 Å². The van der Waals surface area contributed by atoms with Crippen molar-refractivity contribution in [2.75, 3.05) is 20.1 Å². The molecule has 94 valence electrons. The summed E-state index contributed by atoms with van der Waals surface area (Å²) in [7, 11) is 1.53. The number of hydrogen-bond donors (Lipinski definition) is 0. The second kappa shape index (κ2) is 4.89. The molecule has 0 saturated carbocycles. The fraction of sp³-hybridized carbons (Fsp3) is 0.250. The topological polar surface area (TPSA) is 57.7 Å². The lowest BCUT2D eigenvalue weighted by Gasteiger charge is -2.13. The number of carbonyl (C=O) groups is 3. The molecule has 18 heavy (non-hydrogen) atoms. The number of hydrogen-bond acceptors (Lipinski definition) is 3. The largest absolute Gasteiger partial charge is 0.327 e. The highest BCUT2D eigenvalue weighted by atomic mass is 79.9. The molecule has 0 aliphatic carbocycles. The highest BCUT2D eigenvalue weighted by Crippen LogP contribution is 2.13.